The summed E-state index contributed by atoms with van der Waals surface area (Å²) in [6.07, 6.45) is -4.55. The number of anilines is 1. The van der Waals surface area contributed by atoms with E-state index in [2.05, 4.69) is 15.0 Å². The number of carbonyl (C=O) groups is 1. The molecule has 3 rings (SSSR count). The first-order valence-electron chi connectivity index (χ1n) is 8.32. The van der Waals surface area contributed by atoms with Crippen LogP contribution in [-0.2, 0) is 6.18 Å². The normalized spacial score (nSPS) is 15.1. The van der Waals surface area contributed by atoms with E-state index in [0.29, 0.717) is 5.69 Å². The number of aromatic nitrogens is 3. The van der Waals surface area contributed by atoms with E-state index in [1.54, 1.807) is 17.9 Å². The summed E-state index contributed by atoms with van der Waals surface area (Å²) in [5.41, 5.74) is -0.537. The summed E-state index contributed by atoms with van der Waals surface area (Å²) in [4.78, 5) is 37.8. The van der Waals surface area contributed by atoms with Gasteiger partial charge < -0.3 is 14.8 Å². The third kappa shape index (κ3) is 4.09. The Bertz CT molecular complexity index is 918. The Labute approximate surface area is 152 Å². The molecule has 0 radical (unpaired) electrons. The van der Waals surface area contributed by atoms with Crippen LogP contribution in [-0.4, -0.2) is 51.9 Å². The summed E-state index contributed by atoms with van der Waals surface area (Å²) in [6, 6.07) is 4.01. The Morgan fingerprint density at radius 3 is 2.37 bits per heavy atom. The van der Waals surface area contributed by atoms with Gasteiger partial charge in [-0.25, -0.2) is 9.97 Å². The average Bonchev–Trinajstić information content (AvgIpc) is 2.60. The number of hydrogen-bond donors (Lipinski definition) is 1. The van der Waals surface area contributed by atoms with Gasteiger partial charge in [-0.15, -0.1) is 0 Å². The van der Waals surface area contributed by atoms with Crippen molar-refractivity contribution >= 4 is 11.9 Å². The molecule has 0 aromatic carbocycles. The molecule has 1 amide bonds. The van der Waals surface area contributed by atoms with E-state index in [0.717, 1.165) is 6.07 Å². The highest BCUT2D eigenvalue weighted by Crippen LogP contribution is 2.29. The number of aryl methyl sites for hydroxylation is 2. The van der Waals surface area contributed by atoms with E-state index >= 15 is 0 Å². The van der Waals surface area contributed by atoms with Gasteiger partial charge in [0.05, 0.1) is 0 Å². The predicted octanol–water partition coefficient (Wildman–Crippen LogP) is 1.76. The molecular formula is C17H18F3N5O2. The van der Waals surface area contributed by atoms with E-state index in [9.17, 15) is 22.8 Å². The number of amides is 1. The van der Waals surface area contributed by atoms with Crippen molar-refractivity contribution in [2.75, 3.05) is 31.1 Å². The number of H-pyrrole nitrogens is 1. The number of hydrogen-bond acceptors (Lipinski definition) is 5. The molecule has 2 aromatic rings. The predicted molar refractivity (Wildman–Crippen MR) is 91.7 cm³/mol. The Kier molecular flexibility index (Phi) is 4.90. The second-order valence-electron chi connectivity index (χ2n) is 6.36. The Morgan fingerprint density at radius 2 is 1.78 bits per heavy atom. The third-order valence-corrected chi connectivity index (χ3v) is 4.27. The van der Waals surface area contributed by atoms with Crippen LogP contribution in [0.3, 0.4) is 0 Å². The monoisotopic (exact) mass is 381 g/mol. The summed E-state index contributed by atoms with van der Waals surface area (Å²) in [5, 5.41) is 0. The summed E-state index contributed by atoms with van der Waals surface area (Å²) in [5.74, 6) is -0.417. The second-order valence-corrected chi connectivity index (χ2v) is 6.36. The maximum Gasteiger partial charge on any atom is 0.433 e. The largest absolute Gasteiger partial charge is 0.433 e. The lowest BCUT2D eigenvalue weighted by molar-refractivity contribution is -0.141. The van der Waals surface area contributed by atoms with E-state index in [1.807, 2.05) is 0 Å². The lowest BCUT2D eigenvalue weighted by Gasteiger charge is -2.34. The summed E-state index contributed by atoms with van der Waals surface area (Å²) >= 11 is 0. The number of nitrogens with one attached hydrogen (secondary N) is 1. The van der Waals surface area contributed by atoms with Crippen LogP contribution in [0.5, 0.6) is 0 Å². The number of rotatable bonds is 2. The van der Waals surface area contributed by atoms with Crippen LogP contribution in [0.2, 0.25) is 0 Å². The number of carbonyl (C=O) groups excluding carboxylic acids is 1. The second kappa shape index (κ2) is 7.01. The van der Waals surface area contributed by atoms with Crippen molar-refractivity contribution in [2.24, 2.45) is 0 Å². The molecule has 0 saturated carbocycles. The summed E-state index contributed by atoms with van der Waals surface area (Å²) in [7, 11) is 0. The van der Waals surface area contributed by atoms with Gasteiger partial charge in [-0.1, -0.05) is 0 Å². The van der Waals surface area contributed by atoms with Crippen molar-refractivity contribution in [3.05, 3.63) is 51.2 Å². The molecule has 0 atom stereocenters. The van der Waals surface area contributed by atoms with Crippen molar-refractivity contribution in [3.8, 4) is 0 Å². The van der Waals surface area contributed by atoms with Crippen LogP contribution < -0.4 is 10.5 Å². The van der Waals surface area contributed by atoms with E-state index < -0.39 is 23.3 Å². The molecule has 27 heavy (non-hydrogen) atoms. The standard InChI is InChI=1S/C17H18F3N5O2/c1-10-3-4-12(14(26)21-10)15(27)24-5-7-25(8-6-24)16-22-11(2)9-13(23-16)17(18,19)20/h3-4,9H,5-8H2,1-2H3,(H,21,26). The Morgan fingerprint density at radius 1 is 1.11 bits per heavy atom. The minimum atomic E-state index is -4.55. The molecule has 0 spiro atoms. The Balaban J connectivity index is 1.73. The number of alkyl halides is 3. The van der Waals surface area contributed by atoms with Crippen molar-refractivity contribution in [2.45, 2.75) is 20.0 Å². The molecule has 0 unspecified atom stereocenters. The minimum Gasteiger partial charge on any atom is -0.337 e. The molecule has 0 aliphatic carbocycles. The molecule has 3 heterocycles. The van der Waals surface area contributed by atoms with Gasteiger partial charge >= 0.3 is 6.18 Å². The van der Waals surface area contributed by atoms with Crippen molar-refractivity contribution in [3.63, 3.8) is 0 Å². The molecular weight excluding hydrogens is 363 g/mol. The topological polar surface area (TPSA) is 82.2 Å². The van der Waals surface area contributed by atoms with Gasteiger partial charge in [0.15, 0.2) is 0 Å². The minimum absolute atomic E-state index is 0.0115. The van der Waals surface area contributed by atoms with Gasteiger partial charge in [0.2, 0.25) is 5.95 Å². The average molecular weight is 381 g/mol. The fraction of sp³-hybridized carbons (Fsp3) is 0.412. The number of halogens is 3. The van der Waals surface area contributed by atoms with E-state index in [4.69, 9.17) is 0 Å². The van der Waals surface area contributed by atoms with Crippen molar-refractivity contribution in [1.82, 2.24) is 19.9 Å². The first kappa shape index (κ1) is 18.9. The smallest absolute Gasteiger partial charge is 0.337 e. The molecule has 1 aliphatic heterocycles. The van der Waals surface area contributed by atoms with Crippen molar-refractivity contribution < 1.29 is 18.0 Å². The molecule has 1 aliphatic rings. The van der Waals surface area contributed by atoms with Crippen LogP contribution in [0.25, 0.3) is 0 Å². The highest BCUT2D eigenvalue weighted by atomic mass is 19.4. The third-order valence-electron chi connectivity index (χ3n) is 4.27. The SMILES string of the molecule is Cc1cc(C(F)(F)F)nc(N2CCN(C(=O)c3ccc(C)[nH]c3=O)CC2)n1. The van der Waals surface area contributed by atoms with Crippen LogP contribution in [0, 0.1) is 13.8 Å². The maximum atomic E-state index is 12.9. The fourth-order valence-electron chi connectivity index (χ4n) is 2.86. The number of nitrogens with zero attached hydrogens (tertiary/aromatic N) is 4. The van der Waals surface area contributed by atoms with E-state index in [-0.39, 0.29) is 43.4 Å². The lowest BCUT2D eigenvalue weighted by atomic mass is 10.2. The molecule has 2 aromatic heterocycles. The highest BCUT2D eigenvalue weighted by Gasteiger charge is 2.34. The van der Waals surface area contributed by atoms with Gasteiger partial charge in [-0.05, 0) is 32.0 Å². The fourth-order valence-corrected chi connectivity index (χ4v) is 2.86. The maximum absolute atomic E-state index is 12.9. The first-order valence-corrected chi connectivity index (χ1v) is 8.32. The van der Waals surface area contributed by atoms with Crippen molar-refractivity contribution in [1.29, 1.82) is 0 Å². The quantitative estimate of drug-likeness (QED) is 0.857. The molecule has 10 heteroatoms. The number of piperazine rings is 1. The first-order chi connectivity index (χ1) is 12.6. The van der Waals surface area contributed by atoms with Crippen LogP contribution in [0.15, 0.2) is 23.0 Å². The molecule has 1 fully saturated rings. The molecule has 7 nitrogen and oxygen atoms in total. The summed E-state index contributed by atoms with van der Waals surface area (Å²) < 4.78 is 38.8. The highest BCUT2D eigenvalue weighted by molar-refractivity contribution is 5.94. The van der Waals surface area contributed by atoms with Crippen LogP contribution in [0.4, 0.5) is 19.1 Å². The van der Waals surface area contributed by atoms with Gasteiger partial charge in [0.25, 0.3) is 11.5 Å². The lowest BCUT2D eigenvalue weighted by Crippen LogP contribution is -2.50. The van der Waals surface area contributed by atoms with E-state index in [1.165, 1.54) is 17.9 Å². The molecule has 1 saturated heterocycles. The zero-order valence-electron chi connectivity index (χ0n) is 14.8. The zero-order valence-corrected chi connectivity index (χ0v) is 14.8. The van der Waals surface area contributed by atoms with Crippen LogP contribution in [0.1, 0.15) is 27.4 Å². The van der Waals surface area contributed by atoms with Gasteiger partial charge in [0, 0.05) is 37.6 Å². The van der Waals surface area contributed by atoms with Gasteiger partial charge in [-0.3, -0.25) is 9.59 Å². The molecule has 1 N–H and O–H groups in total. The number of pyridine rings is 1. The van der Waals surface area contributed by atoms with Gasteiger partial charge in [-0.2, -0.15) is 13.2 Å². The van der Waals surface area contributed by atoms with Crippen LogP contribution >= 0.6 is 0 Å². The zero-order chi connectivity index (χ0) is 19.8. The molecule has 144 valence electrons. The summed E-state index contributed by atoms with van der Waals surface area (Å²) in [6.45, 7) is 4.25. The Hall–Kier alpha value is -2.91. The van der Waals surface area contributed by atoms with Gasteiger partial charge in [0.1, 0.15) is 11.3 Å². The molecule has 0 bridgehead atoms. The number of aromatic amines is 1.